The zero-order chi connectivity index (χ0) is 28.2. The molecule has 0 fully saturated rings. The van der Waals surface area contributed by atoms with E-state index in [2.05, 4.69) is 148 Å². The van der Waals surface area contributed by atoms with E-state index in [1.807, 2.05) is 0 Å². The van der Waals surface area contributed by atoms with Gasteiger partial charge in [0.05, 0.1) is 0 Å². The van der Waals surface area contributed by atoms with Crippen molar-refractivity contribution in [1.29, 1.82) is 0 Å². The summed E-state index contributed by atoms with van der Waals surface area (Å²) in [5, 5.41) is 0. The Balaban J connectivity index is 1.56. The fraction of sp³-hybridized carbons (Fsp3) is 0.256. The van der Waals surface area contributed by atoms with Crippen molar-refractivity contribution in [2.45, 2.75) is 55.0 Å². The summed E-state index contributed by atoms with van der Waals surface area (Å²) in [6.07, 6.45) is 12.4. The van der Waals surface area contributed by atoms with E-state index >= 15 is 0 Å². The van der Waals surface area contributed by atoms with Gasteiger partial charge in [0, 0.05) is 0 Å². The molecular weight excluding hydrogens is 647 g/mol. The second kappa shape index (κ2) is 9.31. The topological polar surface area (TPSA) is 0 Å². The van der Waals surface area contributed by atoms with Crippen molar-refractivity contribution in [2.75, 3.05) is 0 Å². The van der Waals surface area contributed by atoms with Crippen LogP contribution in [0.5, 0.6) is 0 Å². The van der Waals surface area contributed by atoms with Gasteiger partial charge >= 0.3 is 240 Å². The van der Waals surface area contributed by atoms with Crippen molar-refractivity contribution < 1.29 is 16.5 Å². The maximum atomic E-state index is 2.88. The number of unbranched alkanes of at least 4 members (excludes halogenated alkanes) is 1. The minimum atomic E-state index is -4.45. The molecule has 6 rings (SSSR count). The van der Waals surface area contributed by atoms with E-state index in [-0.39, 0.29) is 0 Å². The second-order valence-electron chi connectivity index (χ2n) is 14.5. The molecule has 0 aliphatic heterocycles. The van der Waals surface area contributed by atoms with E-state index in [4.69, 9.17) is 0 Å². The standard InChI is InChI=1S/2C16H13.C4H8.3CH3.Hf/c2*1-12-6-2-3-9-14(12)16-11-5-8-13-7-4-10-15(13)16;1-3-4-2;;;;/h2*2-11H,1H3;1H,3-4H2,2H3;3*1H3;. The molecule has 2 atom stereocenters. The molecule has 4 aromatic rings. The molecule has 0 spiro atoms. The maximum absolute atomic E-state index is 4.45. The van der Waals surface area contributed by atoms with Crippen LogP contribution in [0, 0.1) is 13.8 Å². The van der Waals surface area contributed by atoms with Crippen molar-refractivity contribution in [1.82, 2.24) is 0 Å². The molecule has 0 aromatic heterocycles. The van der Waals surface area contributed by atoms with E-state index in [9.17, 15) is 0 Å². The third-order valence-corrected chi connectivity index (χ3v) is 39.9. The van der Waals surface area contributed by atoms with Gasteiger partial charge in [-0.15, -0.1) is 0 Å². The SMILES string of the molecule is CCC[CH]=[Hf]([CH3])([CH3])([CH3])([CH]1C=Cc2c(-c3ccccc3C)cccc21)[CH]1C=Cc2c(-c3ccccc3C)cccc21. The Labute approximate surface area is 238 Å². The van der Waals surface area contributed by atoms with E-state index in [0.717, 1.165) is 0 Å². The van der Waals surface area contributed by atoms with E-state index in [1.165, 1.54) is 68.5 Å². The van der Waals surface area contributed by atoms with Gasteiger partial charge in [-0.3, -0.25) is 0 Å². The molecule has 0 saturated heterocycles. The number of rotatable bonds is 6. The van der Waals surface area contributed by atoms with Crippen LogP contribution in [0.2, 0.25) is 14.0 Å². The molecule has 0 saturated carbocycles. The molecule has 2 unspecified atom stereocenters. The van der Waals surface area contributed by atoms with Crippen LogP contribution in [0.4, 0.5) is 0 Å². The molecule has 0 bridgehead atoms. The number of aryl methyl sites for hydroxylation is 2. The summed E-state index contributed by atoms with van der Waals surface area (Å²) in [4.78, 5) is 0. The predicted molar refractivity (Wildman–Crippen MR) is 175 cm³/mol. The Morgan fingerprint density at radius 3 is 1.43 bits per heavy atom. The molecule has 0 radical (unpaired) electrons. The minimum absolute atomic E-state index is 0.434. The molecule has 4 aromatic carbocycles. The van der Waals surface area contributed by atoms with Crippen LogP contribution in [0.15, 0.2) is 97.1 Å². The average molecular weight is 690 g/mol. The van der Waals surface area contributed by atoms with Gasteiger partial charge in [-0.1, -0.05) is 0 Å². The van der Waals surface area contributed by atoms with Crippen molar-refractivity contribution >= 4 is 15.9 Å². The van der Waals surface area contributed by atoms with Crippen LogP contribution in [-0.2, 0) is 16.5 Å². The fourth-order valence-corrected chi connectivity index (χ4v) is 34.3. The van der Waals surface area contributed by atoms with Gasteiger partial charge in [0.1, 0.15) is 0 Å². The molecule has 2 aliphatic carbocycles. The van der Waals surface area contributed by atoms with Gasteiger partial charge < -0.3 is 0 Å². The summed E-state index contributed by atoms with van der Waals surface area (Å²) in [6.45, 7) is 6.80. The molecule has 0 N–H and O–H groups in total. The summed E-state index contributed by atoms with van der Waals surface area (Å²) >= 11 is -4.45. The second-order valence-corrected chi connectivity index (χ2v) is 53.5. The van der Waals surface area contributed by atoms with Crippen LogP contribution < -0.4 is 0 Å². The van der Waals surface area contributed by atoms with Crippen molar-refractivity contribution in [3.8, 4) is 22.3 Å². The first-order valence-electron chi connectivity index (χ1n) is 15.1. The molecule has 203 valence electrons. The van der Waals surface area contributed by atoms with Gasteiger partial charge in [-0.2, -0.15) is 0 Å². The Morgan fingerprint density at radius 1 is 0.575 bits per heavy atom. The number of fused-ring (bicyclic) bond motifs is 2. The van der Waals surface area contributed by atoms with Crippen LogP contribution in [0.1, 0.15) is 60.5 Å². The number of hydrogen-bond acceptors (Lipinski definition) is 0. The van der Waals surface area contributed by atoms with Crippen molar-refractivity contribution in [3.05, 3.63) is 130 Å². The molecule has 40 heavy (non-hydrogen) atoms. The molecule has 0 heterocycles. The van der Waals surface area contributed by atoms with Crippen LogP contribution in [-0.4, -0.2) is 3.76 Å². The van der Waals surface area contributed by atoms with Crippen LogP contribution >= 0.6 is 0 Å². The Morgan fingerprint density at radius 2 is 1.00 bits per heavy atom. The number of allylic oxidation sites excluding steroid dienone is 2. The number of benzene rings is 4. The number of hydrogen-bond donors (Lipinski definition) is 0. The molecule has 0 amide bonds. The van der Waals surface area contributed by atoms with Gasteiger partial charge in [0.15, 0.2) is 0 Å². The van der Waals surface area contributed by atoms with Gasteiger partial charge in [0.2, 0.25) is 0 Å². The van der Waals surface area contributed by atoms with E-state index in [0.29, 0.717) is 7.35 Å². The normalized spacial score (nSPS) is 19.1. The van der Waals surface area contributed by atoms with Crippen LogP contribution in [0.3, 0.4) is 0 Å². The summed E-state index contributed by atoms with van der Waals surface area (Å²) in [6, 6.07) is 31.8. The van der Waals surface area contributed by atoms with Crippen molar-refractivity contribution in [3.63, 3.8) is 0 Å². The van der Waals surface area contributed by atoms with E-state index in [1.54, 1.807) is 0 Å². The van der Waals surface area contributed by atoms with Gasteiger partial charge in [0.25, 0.3) is 0 Å². The zero-order valence-electron chi connectivity index (χ0n) is 25.0. The quantitative estimate of drug-likeness (QED) is 0.177. The van der Waals surface area contributed by atoms with Gasteiger partial charge in [-0.25, -0.2) is 0 Å². The Hall–Kier alpha value is -2.90. The Bertz CT molecular complexity index is 1670. The summed E-state index contributed by atoms with van der Waals surface area (Å²) in [5.74, 6) is 0. The summed E-state index contributed by atoms with van der Waals surface area (Å²) in [5.41, 5.74) is 14.0. The third kappa shape index (κ3) is 4.07. The first kappa shape index (κ1) is 27.3. The Kier molecular flexibility index (Phi) is 6.35. The monoisotopic (exact) mass is 691 g/mol. The first-order chi connectivity index (χ1) is 19.1. The summed E-state index contributed by atoms with van der Waals surface area (Å²) in [7, 11) is 0. The predicted octanol–water partition coefficient (Wildman–Crippen LogP) is 11.4. The third-order valence-electron chi connectivity index (χ3n) is 10.6. The van der Waals surface area contributed by atoms with Gasteiger partial charge in [-0.05, 0) is 0 Å². The molecule has 1 heteroatoms. The first-order valence-corrected chi connectivity index (χ1v) is 32.1. The summed E-state index contributed by atoms with van der Waals surface area (Å²) < 4.78 is 12.0. The van der Waals surface area contributed by atoms with Crippen molar-refractivity contribution in [2.24, 2.45) is 0 Å². The molecule has 0 nitrogen and oxygen atoms in total. The molecular formula is C39H43Hf. The molecule has 2 aliphatic rings. The zero-order valence-corrected chi connectivity index (χ0v) is 28.6. The average Bonchev–Trinajstić information content (AvgIpc) is 3.59. The fourth-order valence-electron chi connectivity index (χ4n) is 8.18. The van der Waals surface area contributed by atoms with E-state index < -0.39 is 16.5 Å². The van der Waals surface area contributed by atoms with Crippen LogP contribution in [0.25, 0.3) is 34.4 Å².